The van der Waals surface area contributed by atoms with Gasteiger partial charge >= 0.3 is 0 Å². The monoisotopic (exact) mass is 175 g/mol. The normalized spacial score (nSPS) is 11.3. The number of aliphatic imine (C=N–C) groups is 1. The first-order valence-electron chi connectivity index (χ1n) is 4.95. The Morgan fingerprint density at radius 3 is 2.31 bits per heavy atom. The molecule has 0 atom stereocenters. The van der Waals surface area contributed by atoms with Crippen LogP contribution in [0.25, 0.3) is 0 Å². The van der Waals surface area contributed by atoms with Crippen LogP contribution in [0.15, 0.2) is 35.3 Å². The molecule has 0 amide bonds. The van der Waals surface area contributed by atoms with Crippen LogP contribution in [-0.4, -0.2) is 12.3 Å². The molecule has 0 bridgehead atoms. The molecule has 0 aliphatic heterocycles. The molecule has 0 aliphatic carbocycles. The molecule has 0 heterocycles. The van der Waals surface area contributed by atoms with Gasteiger partial charge in [-0.3, -0.25) is 4.99 Å². The molecule has 0 unspecified atom stereocenters. The summed E-state index contributed by atoms with van der Waals surface area (Å²) >= 11 is 0. The van der Waals surface area contributed by atoms with E-state index in [1.165, 1.54) is 5.56 Å². The quantitative estimate of drug-likeness (QED) is 0.623. The summed E-state index contributed by atoms with van der Waals surface area (Å²) in [6.45, 7) is 4.35. The first-order valence-corrected chi connectivity index (χ1v) is 4.95. The molecule has 1 aromatic carbocycles. The van der Waals surface area contributed by atoms with Crippen molar-refractivity contribution < 1.29 is 0 Å². The average molecular weight is 175 g/mol. The Morgan fingerprint density at radius 2 is 1.77 bits per heavy atom. The lowest BCUT2D eigenvalue weighted by atomic mass is 10.2. The molecule has 13 heavy (non-hydrogen) atoms. The molecular weight excluding hydrogens is 158 g/mol. The third kappa shape index (κ3) is 3.41. The predicted molar refractivity (Wildman–Crippen MR) is 58.4 cm³/mol. The number of hydrogen-bond acceptors (Lipinski definition) is 1. The predicted octanol–water partition coefficient (Wildman–Crippen LogP) is 3.29. The van der Waals surface area contributed by atoms with Gasteiger partial charge in [0.1, 0.15) is 0 Å². The van der Waals surface area contributed by atoms with Crippen LogP contribution in [0.1, 0.15) is 32.3 Å². The highest BCUT2D eigenvalue weighted by Gasteiger charge is 1.96. The molecule has 0 radical (unpaired) electrons. The summed E-state index contributed by atoms with van der Waals surface area (Å²) in [5, 5.41) is 0. The number of nitrogens with zero attached hydrogens (tertiary/aromatic N) is 1. The van der Waals surface area contributed by atoms with Crippen LogP contribution in [-0.2, 0) is 0 Å². The molecule has 0 aromatic heterocycles. The Hall–Kier alpha value is -1.11. The van der Waals surface area contributed by atoms with Gasteiger partial charge in [-0.2, -0.15) is 0 Å². The molecular formula is C12H17N. The fraction of sp³-hybridized carbons (Fsp3) is 0.417. The summed E-state index contributed by atoms with van der Waals surface area (Å²) in [4.78, 5) is 4.51. The largest absolute Gasteiger partial charge is 0.289 e. The smallest absolute Gasteiger partial charge is 0.0494 e. The van der Waals surface area contributed by atoms with Crippen molar-refractivity contribution in [2.45, 2.75) is 32.7 Å². The maximum Gasteiger partial charge on any atom is 0.0494 e. The average Bonchev–Trinajstić information content (AvgIpc) is 2.21. The van der Waals surface area contributed by atoms with Gasteiger partial charge in [-0.1, -0.05) is 44.2 Å². The second-order valence-corrected chi connectivity index (χ2v) is 3.16. The van der Waals surface area contributed by atoms with Crippen molar-refractivity contribution in [3.63, 3.8) is 0 Å². The van der Waals surface area contributed by atoms with Crippen molar-refractivity contribution in [3.8, 4) is 0 Å². The first-order chi connectivity index (χ1) is 6.36. The van der Waals surface area contributed by atoms with Crippen LogP contribution >= 0.6 is 0 Å². The van der Waals surface area contributed by atoms with Crippen LogP contribution in [0.2, 0.25) is 0 Å². The third-order valence-electron chi connectivity index (χ3n) is 2.18. The minimum atomic E-state index is 0.486. The van der Waals surface area contributed by atoms with Crippen molar-refractivity contribution in [2.24, 2.45) is 4.99 Å². The molecule has 0 fully saturated rings. The van der Waals surface area contributed by atoms with Crippen LogP contribution in [0.5, 0.6) is 0 Å². The molecule has 0 spiro atoms. The first kappa shape index (κ1) is 9.97. The number of benzene rings is 1. The molecule has 1 nitrogen and oxygen atoms in total. The fourth-order valence-electron chi connectivity index (χ4n) is 1.23. The Labute approximate surface area is 80.5 Å². The van der Waals surface area contributed by atoms with E-state index in [-0.39, 0.29) is 0 Å². The van der Waals surface area contributed by atoms with E-state index < -0.39 is 0 Å². The van der Waals surface area contributed by atoms with E-state index in [4.69, 9.17) is 0 Å². The summed E-state index contributed by atoms with van der Waals surface area (Å²) in [6.07, 6.45) is 4.22. The molecule has 0 N–H and O–H groups in total. The van der Waals surface area contributed by atoms with Gasteiger partial charge in [0.25, 0.3) is 0 Å². The highest BCUT2D eigenvalue weighted by molar-refractivity contribution is 5.79. The van der Waals surface area contributed by atoms with E-state index in [0.717, 1.165) is 12.8 Å². The van der Waals surface area contributed by atoms with Crippen molar-refractivity contribution >= 4 is 6.21 Å². The minimum absolute atomic E-state index is 0.486. The molecule has 0 aliphatic rings. The van der Waals surface area contributed by atoms with E-state index in [9.17, 15) is 0 Å². The highest BCUT2D eigenvalue weighted by Crippen LogP contribution is 2.02. The van der Waals surface area contributed by atoms with Gasteiger partial charge in [0.05, 0.1) is 0 Å². The molecule has 1 rings (SSSR count). The van der Waals surface area contributed by atoms with Crippen molar-refractivity contribution in [1.29, 1.82) is 0 Å². The maximum atomic E-state index is 4.51. The van der Waals surface area contributed by atoms with E-state index in [0.29, 0.717) is 6.04 Å². The standard InChI is InChI=1S/C12H17N/c1-3-12(4-2)13-10-11-8-6-5-7-9-11/h5-10,12H,3-4H2,1-2H3. The summed E-state index contributed by atoms with van der Waals surface area (Å²) in [7, 11) is 0. The van der Waals surface area contributed by atoms with Gasteiger partial charge in [-0.15, -0.1) is 0 Å². The van der Waals surface area contributed by atoms with Crippen molar-refractivity contribution in [2.75, 3.05) is 0 Å². The number of hydrogen-bond donors (Lipinski definition) is 0. The second-order valence-electron chi connectivity index (χ2n) is 3.16. The summed E-state index contributed by atoms with van der Waals surface area (Å²) in [5.41, 5.74) is 1.19. The minimum Gasteiger partial charge on any atom is -0.289 e. The molecule has 0 saturated carbocycles. The van der Waals surface area contributed by atoms with Crippen LogP contribution in [0, 0.1) is 0 Å². The Bertz CT molecular complexity index is 247. The fourth-order valence-corrected chi connectivity index (χ4v) is 1.23. The highest BCUT2D eigenvalue weighted by atomic mass is 14.8. The maximum absolute atomic E-state index is 4.51. The van der Waals surface area contributed by atoms with E-state index >= 15 is 0 Å². The van der Waals surface area contributed by atoms with Gasteiger partial charge in [-0.05, 0) is 18.4 Å². The lowest BCUT2D eigenvalue weighted by molar-refractivity contribution is 0.634. The van der Waals surface area contributed by atoms with E-state index in [1.807, 2.05) is 24.4 Å². The summed E-state index contributed by atoms with van der Waals surface area (Å²) < 4.78 is 0. The zero-order valence-corrected chi connectivity index (χ0v) is 8.40. The van der Waals surface area contributed by atoms with E-state index in [1.54, 1.807) is 0 Å². The third-order valence-corrected chi connectivity index (χ3v) is 2.18. The molecule has 70 valence electrons. The summed E-state index contributed by atoms with van der Waals surface area (Å²) in [6, 6.07) is 10.7. The molecule has 1 heteroatoms. The Balaban J connectivity index is 2.57. The topological polar surface area (TPSA) is 12.4 Å². The van der Waals surface area contributed by atoms with Gasteiger partial charge in [0, 0.05) is 12.3 Å². The molecule has 1 aromatic rings. The number of rotatable bonds is 4. The Morgan fingerprint density at radius 1 is 1.15 bits per heavy atom. The van der Waals surface area contributed by atoms with Gasteiger partial charge < -0.3 is 0 Å². The zero-order valence-electron chi connectivity index (χ0n) is 8.40. The van der Waals surface area contributed by atoms with Gasteiger partial charge in [0.15, 0.2) is 0 Å². The van der Waals surface area contributed by atoms with Gasteiger partial charge in [0.2, 0.25) is 0 Å². The lowest BCUT2D eigenvalue weighted by Gasteiger charge is -2.04. The lowest BCUT2D eigenvalue weighted by Crippen LogP contribution is -2.00. The zero-order chi connectivity index (χ0) is 9.52. The van der Waals surface area contributed by atoms with Crippen molar-refractivity contribution in [3.05, 3.63) is 35.9 Å². The molecule has 0 saturated heterocycles. The van der Waals surface area contributed by atoms with Gasteiger partial charge in [-0.25, -0.2) is 0 Å². The summed E-state index contributed by atoms with van der Waals surface area (Å²) in [5.74, 6) is 0. The van der Waals surface area contributed by atoms with Crippen LogP contribution in [0.3, 0.4) is 0 Å². The van der Waals surface area contributed by atoms with Crippen LogP contribution < -0.4 is 0 Å². The van der Waals surface area contributed by atoms with Crippen LogP contribution in [0.4, 0.5) is 0 Å². The second kappa shape index (κ2) is 5.52. The Kier molecular flexibility index (Phi) is 4.24. The van der Waals surface area contributed by atoms with E-state index in [2.05, 4.69) is 31.0 Å². The SMILES string of the molecule is CCC(CC)N=Cc1ccccc1. The van der Waals surface area contributed by atoms with Crippen molar-refractivity contribution in [1.82, 2.24) is 0 Å².